The van der Waals surface area contributed by atoms with Crippen LogP contribution in [0.15, 0.2) is 18.2 Å². The molecule has 1 aromatic carbocycles. The highest BCUT2D eigenvalue weighted by molar-refractivity contribution is 5.85. The van der Waals surface area contributed by atoms with E-state index in [1.165, 1.54) is 25.3 Å². The Morgan fingerprint density at radius 3 is 2.55 bits per heavy atom. The van der Waals surface area contributed by atoms with Crippen LogP contribution in [-0.2, 0) is 0 Å². The first-order chi connectivity index (χ1) is 9.27. The lowest BCUT2D eigenvalue weighted by Crippen LogP contribution is -2.47. The Hall–Kier alpha value is -0.840. The van der Waals surface area contributed by atoms with Gasteiger partial charge in [-0.25, -0.2) is 4.39 Å². The molecule has 0 aromatic heterocycles. The lowest BCUT2D eigenvalue weighted by Gasteiger charge is -2.43. The number of para-hydroxylation sites is 1. The molecule has 2 aliphatic rings. The van der Waals surface area contributed by atoms with Crippen LogP contribution in [0.2, 0.25) is 0 Å². The highest BCUT2D eigenvalue weighted by Gasteiger charge is 2.35. The van der Waals surface area contributed by atoms with Crippen LogP contribution >= 0.6 is 12.4 Å². The molecular weight excluding hydrogens is 279 g/mol. The van der Waals surface area contributed by atoms with Crippen LogP contribution < -0.4 is 5.32 Å². The van der Waals surface area contributed by atoms with Gasteiger partial charge in [0.1, 0.15) is 0 Å². The Morgan fingerprint density at radius 1 is 1.25 bits per heavy atom. The van der Waals surface area contributed by atoms with E-state index in [4.69, 9.17) is 0 Å². The van der Waals surface area contributed by atoms with Crippen molar-refractivity contribution in [2.75, 3.05) is 26.2 Å². The van der Waals surface area contributed by atoms with Gasteiger partial charge in [0.15, 0.2) is 11.6 Å². The molecule has 1 aliphatic heterocycles. The van der Waals surface area contributed by atoms with E-state index >= 15 is 0 Å². The molecule has 0 unspecified atom stereocenters. The predicted octanol–water partition coefficient (Wildman–Crippen LogP) is 2.70. The number of phenols is 1. The van der Waals surface area contributed by atoms with E-state index in [9.17, 15) is 9.50 Å². The third-order valence-corrected chi connectivity index (χ3v) is 4.48. The summed E-state index contributed by atoms with van der Waals surface area (Å²) in [7, 11) is 0. The summed E-state index contributed by atoms with van der Waals surface area (Å²) in [6.45, 7) is 3.88. The zero-order valence-corrected chi connectivity index (χ0v) is 12.3. The average Bonchev–Trinajstić information content (AvgIpc) is 2.38. The maximum absolute atomic E-state index is 13.6. The summed E-state index contributed by atoms with van der Waals surface area (Å²) in [5.41, 5.74) is 0.770. The smallest absolute Gasteiger partial charge is 0.165 e. The summed E-state index contributed by atoms with van der Waals surface area (Å²) in [5.74, 6) is -0.0966. The molecule has 3 nitrogen and oxygen atoms in total. The summed E-state index contributed by atoms with van der Waals surface area (Å²) < 4.78 is 13.6. The second kappa shape index (κ2) is 6.74. The fourth-order valence-corrected chi connectivity index (χ4v) is 3.24. The van der Waals surface area contributed by atoms with Crippen molar-refractivity contribution < 1.29 is 9.50 Å². The Kier molecular flexibility index (Phi) is 5.24. The van der Waals surface area contributed by atoms with Gasteiger partial charge in [0, 0.05) is 37.8 Å². The highest BCUT2D eigenvalue weighted by Crippen LogP contribution is 2.44. The maximum atomic E-state index is 13.6. The van der Waals surface area contributed by atoms with Crippen LogP contribution in [-0.4, -0.2) is 36.2 Å². The largest absolute Gasteiger partial charge is 0.505 e. The monoisotopic (exact) mass is 300 g/mol. The van der Waals surface area contributed by atoms with Gasteiger partial charge in [-0.05, 0) is 24.8 Å². The van der Waals surface area contributed by atoms with Crippen LogP contribution in [0.25, 0.3) is 0 Å². The number of rotatable bonds is 3. The van der Waals surface area contributed by atoms with Crippen LogP contribution in [0.4, 0.5) is 4.39 Å². The minimum absolute atomic E-state index is 0. The van der Waals surface area contributed by atoms with Gasteiger partial charge in [-0.2, -0.15) is 0 Å². The van der Waals surface area contributed by atoms with Gasteiger partial charge >= 0.3 is 0 Å². The second-order valence-corrected chi connectivity index (χ2v) is 5.60. The zero-order chi connectivity index (χ0) is 13.2. The van der Waals surface area contributed by atoms with E-state index in [-0.39, 0.29) is 24.2 Å². The van der Waals surface area contributed by atoms with E-state index in [1.54, 1.807) is 6.07 Å². The molecule has 0 bridgehead atoms. The minimum Gasteiger partial charge on any atom is -0.505 e. The van der Waals surface area contributed by atoms with Crippen LogP contribution in [0.5, 0.6) is 5.75 Å². The van der Waals surface area contributed by atoms with Gasteiger partial charge in [0.2, 0.25) is 0 Å². The number of hydrogen-bond acceptors (Lipinski definition) is 3. The van der Waals surface area contributed by atoms with Gasteiger partial charge < -0.3 is 10.4 Å². The van der Waals surface area contributed by atoms with Crippen molar-refractivity contribution in [2.45, 2.75) is 25.3 Å². The number of halogens is 2. The molecule has 5 heteroatoms. The Labute approximate surface area is 125 Å². The number of hydrogen-bond donors (Lipinski definition) is 2. The average molecular weight is 301 g/mol. The van der Waals surface area contributed by atoms with E-state index in [0.717, 1.165) is 31.7 Å². The van der Waals surface area contributed by atoms with Gasteiger partial charge in [-0.3, -0.25) is 4.90 Å². The van der Waals surface area contributed by atoms with Crippen LogP contribution in [0, 0.1) is 11.7 Å². The van der Waals surface area contributed by atoms with Gasteiger partial charge in [0.05, 0.1) is 0 Å². The molecule has 2 fully saturated rings. The summed E-state index contributed by atoms with van der Waals surface area (Å²) in [6, 6.07) is 5.09. The number of benzene rings is 1. The molecule has 3 rings (SSSR count). The molecule has 1 aliphatic carbocycles. The Morgan fingerprint density at radius 2 is 1.95 bits per heavy atom. The van der Waals surface area contributed by atoms with Crippen molar-refractivity contribution in [3.05, 3.63) is 29.6 Å². The predicted molar refractivity (Wildman–Crippen MR) is 79.8 cm³/mol. The van der Waals surface area contributed by atoms with E-state index < -0.39 is 5.82 Å². The van der Waals surface area contributed by atoms with E-state index in [1.807, 2.05) is 6.07 Å². The van der Waals surface area contributed by atoms with Crippen molar-refractivity contribution in [3.63, 3.8) is 0 Å². The molecule has 1 aromatic rings. The van der Waals surface area contributed by atoms with Gasteiger partial charge in [-0.15, -0.1) is 12.4 Å². The minimum atomic E-state index is -0.503. The number of aromatic hydroxyl groups is 1. The summed E-state index contributed by atoms with van der Waals surface area (Å²) in [5, 5.41) is 13.4. The first kappa shape index (κ1) is 15.5. The highest BCUT2D eigenvalue weighted by atomic mass is 35.5. The molecule has 2 N–H and O–H groups in total. The van der Waals surface area contributed by atoms with Gasteiger partial charge in [-0.1, -0.05) is 18.6 Å². The summed E-state index contributed by atoms with van der Waals surface area (Å²) in [4.78, 5) is 2.40. The molecule has 1 saturated carbocycles. The number of phenolic OH excluding ortho intramolecular Hbond substituents is 1. The first-order valence-electron chi connectivity index (χ1n) is 7.19. The van der Waals surface area contributed by atoms with Crippen molar-refractivity contribution in [2.24, 2.45) is 5.92 Å². The van der Waals surface area contributed by atoms with Crippen LogP contribution in [0.3, 0.4) is 0 Å². The quantitative estimate of drug-likeness (QED) is 0.901. The third kappa shape index (κ3) is 2.92. The Balaban J connectivity index is 0.00000147. The zero-order valence-electron chi connectivity index (χ0n) is 11.5. The number of nitrogens with zero attached hydrogens (tertiary/aromatic N) is 1. The fourth-order valence-electron chi connectivity index (χ4n) is 3.24. The summed E-state index contributed by atoms with van der Waals surface area (Å²) >= 11 is 0. The number of piperazine rings is 1. The van der Waals surface area contributed by atoms with Crippen molar-refractivity contribution in [1.82, 2.24) is 10.2 Å². The SMILES string of the molecule is Cl.Oc1c(F)cccc1[C@H](C1CCC1)N1CCNCC1. The van der Waals surface area contributed by atoms with Crippen molar-refractivity contribution >= 4 is 12.4 Å². The van der Waals surface area contributed by atoms with Crippen LogP contribution in [0.1, 0.15) is 30.9 Å². The lowest BCUT2D eigenvalue weighted by molar-refractivity contribution is 0.0815. The molecule has 0 amide bonds. The third-order valence-electron chi connectivity index (χ3n) is 4.48. The molecule has 112 valence electrons. The Bertz CT molecular complexity index is 447. The molecular formula is C15H22ClFN2O. The normalized spacial score (nSPS) is 21.9. The fraction of sp³-hybridized carbons (Fsp3) is 0.600. The standard InChI is InChI=1S/C15H21FN2O.ClH/c16-13-6-2-5-12(15(13)19)14(11-3-1-4-11)18-9-7-17-8-10-18;/h2,5-6,11,14,17,19H,1,3-4,7-10H2;1H/t14-;/m0./s1. The molecule has 0 spiro atoms. The van der Waals surface area contributed by atoms with Crippen molar-refractivity contribution in [1.29, 1.82) is 0 Å². The molecule has 1 heterocycles. The molecule has 1 saturated heterocycles. The molecule has 0 radical (unpaired) electrons. The molecule has 20 heavy (non-hydrogen) atoms. The van der Waals surface area contributed by atoms with E-state index in [0.29, 0.717) is 5.92 Å². The molecule has 1 atom stereocenters. The first-order valence-corrected chi connectivity index (χ1v) is 7.19. The van der Waals surface area contributed by atoms with Gasteiger partial charge in [0.25, 0.3) is 0 Å². The topological polar surface area (TPSA) is 35.5 Å². The summed E-state index contributed by atoms with van der Waals surface area (Å²) in [6.07, 6.45) is 3.62. The number of nitrogens with one attached hydrogen (secondary N) is 1. The lowest BCUT2D eigenvalue weighted by atomic mass is 9.76. The second-order valence-electron chi connectivity index (χ2n) is 5.60. The maximum Gasteiger partial charge on any atom is 0.165 e. The van der Waals surface area contributed by atoms with Crippen molar-refractivity contribution in [3.8, 4) is 5.75 Å². The van der Waals surface area contributed by atoms with E-state index in [2.05, 4.69) is 10.2 Å².